The topological polar surface area (TPSA) is 58.6 Å². The van der Waals surface area contributed by atoms with Gasteiger partial charge in [-0.2, -0.15) is 0 Å². The first-order valence-corrected chi connectivity index (χ1v) is 9.53. The molecule has 0 aromatic heterocycles. The van der Waals surface area contributed by atoms with Crippen LogP contribution in [0.3, 0.4) is 0 Å². The molecule has 0 spiro atoms. The van der Waals surface area contributed by atoms with Crippen molar-refractivity contribution in [2.24, 2.45) is 0 Å². The Morgan fingerprint density at radius 3 is 2.11 bits per heavy atom. The summed E-state index contributed by atoms with van der Waals surface area (Å²) in [6, 6.07) is 16.7. The molecule has 1 N–H and O–H groups in total. The zero-order chi connectivity index (χ0) is 18.6. The summed E-state index contributed by atoms with van der Waals surface area (Å²) in [6.45, 7) is 0.109. The standard InChI is InChI=1S/C22H23N2O3/c25-21-18-13-7-8-14-19(18)22(26)24(21)15-20(23-16-9-3-1-4-10-16)27-17-11-5-2-6-12-17/h2,5-8,11-14,16,23H,1,3-4,9-10,15H2. The van der Waals surface area contributed by atoms with Crippen LogP contribution in [-0.4, -0.2) is 29.3 Å². The van der Waals surface area contributed by atoms with E-state index in [9.17, 15) is 9.59 Å². The number of para-hydroxylation sites is 1. The van der Waals surface area contributed by atoms with Gasteiger partial charge in [-0.1, -0.05) is 49.6 Å². The number of rotatable bonds is 6. The van der Waals surface area contributed by atoms with Gasteiger partial charge in [-0.15, -0.1) is 0 Å². The summed E-state index contributed by atoms with van der Waals surface area (Å²) in [5.74, 6) is 0.151. The Balaban J connectivity index is 1.51. The fourth-order valence-electron chi connectivity index (χ4n) is 3.74. The van der Waals surface area contributed by atoms with Gasteiger partial charge in [0.2, 0.25) is 6.23 Å². The molecule has 5 heteroatoms. The van der Waals surface area contributed by atoms with Crippen LogP contribution >= 0.6 is 0 Å². The molecule has 1 radical (unpaired) electrons. The summed E-state index contributed by atoms with van der Waals surface area (Å²) in [7, 11) is 0. The minimum absolute atomic E-state index is 0.109. The second kappa shape index (κ2) is 7.92. The van der Waals surface area contributed by atoms with Crippen molar-refractivity contribution in [2.75, 3.05) is 6.54 Å². The minimum Gasteiger partial charge on any atom is -0.465 e. The molecule has 2 aromatic carbocycles. The van der Waals surface area contributed by atoms with Gasteiger partial charge in [-0.3, -0.25) is 19.8 Å². The van der Waals surface area contributed by atoms with Gasteiger partial charge in [-0.25, -0.2) is 0 Å². The molecule has 2 aliphatic rings. The van der Waals surface area contributed by atoms with E-state index in [1.807, 2.05) is 30.3 Å². The number of nitrogens with one attached hydrogen (secondary N) is 1. The quantitative estimate of drug-likeness (QED) is 0.794. The SMILES string of the molecule is O=C1c2ccccc2C(=O)N1C[C](NC1CCCCC1)Oc1ccccc1. The zero-order valence-electron chi connectivity index (χ0n) is 15.2. The molecule has 2 aromatic rings. The van der Waals surface area contributed by atoms with Crippen molar-refractivity contribution >= 4 is 11.8 Å². The Labute approximate surface area is 159 Å². The number of amides is 2. The molecule has 1 heterocycles. The molecular weight excluding hydrogens is 340 g/mol. The lowest BCUT2D eigenvalue weighted by atomic mass is 9.95. The Morgan fingerprint density at radius 2 is 1.48 bits per heavy atom. The van der Waals surface area contributed by atoms with Crippen LogP contribution in [0.4, 0.5) is 0 Å². The Kier molecular flexibility index (Phi) is 5.21. The smallest absolute Gasteiger partial charge is 0.261 e. The molecule has 27 heavy (non-hydrogen) atoms. The normalized spacial score (nSPS) is 17.4. The van der Waals surface area contributed by atoms with Crippen molar-refractivity contribution in [3.8, 4) is 5.75 Å². The summed E-state index contributed by atoms with van der Waals surface area (Å²) in [4.78, 5) is 26.7. The number of carbonyl (C=O) groups excluding carboxylic acids is 2. The van der Waals surface area contributed by atoms with Crippen LogP contribution in [0.15, 0.2) is 54.6 Å². The number of carbonyl (C=O) groups is 2. The summed E-state index contributed by atoms with van der Waals surface area (Å²) < 4.78 is 6.03. The Hall–Kier alpha value is -2.66. The van der Waals surface area contributed by atoms with Gasteiger partial charge >= 0.3 is 0 Å². The van der Waals surface area contributed by atoms with Crippen molar-refractivity contribution in [1.29, 1.82) is 0 Å². The average Bonchev–Trinajstić information content (AvgIpc) is 2.95. The van der Waals surface area contributed by atoms with Crippen LogP contribution in [-0.2, 0) is 0 Å². The summed E-state index contributed by atoms with van der Waals surface area (Å²) >= 11 is 0. The molecule has 0 atom stereocenters. The highest BCUT2D eigenvalue weighted by Gasteiger charge is 2.37. The van der Waals surface area contributed by atoms with Gasteiger partial charge in [-0.05, 0) is 37.1 Å². The average molecular weight is 363 g/mol. The summed E-state index contributed by atoms with van der Waals surface area (Å²) in [6.07, 6.45) is 6.31. The van der Waals surface area contributed by atoms with Gasteiger partial charge in [0.15, 0.2) is 0 Å². The molecule has 0 unspecified atom stereocenters. The van der Waals surface area contributed by atoms with Crippen molar-refractivity contribution in [2.45, 2.75) is 38.1 Å². The van der Waals surface area contributed by atoms with Crippen LogP contribution in [0.2, 0.25) is 0 Å². The van der Waals surface area contributed by atoms with Crippen LogP contribution < -0.4 is 10.1 Å². The highest BCUT2D eigenvalue weighted by atomic mass is 16.5. The minimum atomic E-state index is -0.268. The molecular formula is C22H23N2O3. The van der Waals surface area contributed by atoms with E-state index in [4.69, 9.17) is 4.74 Å². The molecule has 1 aliphatic carbocycles. The number of nitrogens with zero attached hydrogens (tertiary/aromatic N) is 1. The number of hydrogen-bond donors (Lipinski definition) is 1. The second-order valence-corrected chi connectivity index (χ2v) is 7.06. The first-order valence-electron chi connectivity index (χ1n) is 9.53. The maximum absolute atomic E-state index is 12.7. The van der Waals surface area contributed by atoms with Crippen LogP contribution in [0.1, 0.15) is 52.8 Å². The Bertz CT molecular complexity index is 780. The second-order valence-electron chi connectivity index (χ2n) is 7.06. The van der Waals surface area contributed by atoms with E-state index in [1.165, 1.54) is 24.2 Å². The number of ether oxygens (including phenoxy) is 1. The highest BCUT2D eigenvalue weighted by molar-refractivity contribution is 6.21. The predicted molar refractivity (Wildman–Crippen MR) is 102 cm³/mol. The maximum atomic E-state index is 12.7. The predicted octanol–water partition coefficient (Wildman–Crippen LogP) is 3.77. The van der Waals surface area contributed by atoms with Gasteiger partial charge in [0.05, 0.1) is 17.7 Å². The third-order valence-corrected chi connectivity index (χ3v) is 5.13. The number of hydrogen-bond acceptors (Lipinski definition) is 4. The van der Waals surface area contributed by atoms with Gasteiger partial charge < -0.3 is 4.74 Å². The first kappa shape index (κ1) is 17.7. The molecule has 1 fully saturated rings. The van der Waals surface area contributed by atoms with E-state index in [2.05, 4.69) is 5.32 Å². The lowest BCUT2D eigenvalue weighted by Crippen LogP contribution is -2.45. The van der Waals surface area contributed by atoms with Gasteiger partial charge in [0.1, 0.15) is 5.75 Å². The molecule has 139 valence electrons. The molecule has 1 aliphatic heterocycles. The third kappa shape index (κ3) is 3.88. The largest absolute Gasteiger partial charge is 0.465 e. The lowest BCUT2D eigenvalue weighted by Gasteiger charge is -2.29. The van der Waals surface area contributed by atoms with E-state index in [0.29, 0.717) is 29.1 Å². The molecule has 2 amide bonds. The molecule has 1 saturated carbocycles. The highest BCUT2D eigenvalue weighted by Crippen LogP contribution is 2.26. The monoisotopic (exact) mass is 363 g/mol. The van der Waals surface area contributed by atoms with Crippen molar-refractivity contribution in [3.05, 3.63) is 72.0 Å². The molecule has 5 nitrogen and oxygen atoms in total. The maximum Gasteiger partial charge on any atom is 0.261 e. The fourth-order valence-corrected chi connectivity index (χ4v) is 3.74. The van der Waals surface area contributed by atoms with Crippen molar-refractivity contribution < 1.29 is 14.3 Å². The zero-order valence-corrected chi connectivity index (χ0v) is 15.2. The van der Waals surface area contributed by atoms with Crippen molar-refractivity contribution in [1.82, 2.24) is 10.2 Å². The van der Waals surface area contributed by atoms with E-state index >= 15 is 0 Å². The first-order chi connectivity index (χ1) is 13.2. The summed E-state index contributed by atoms with van der Waals surface area (Å²) in [5, 5.41) is 3.45. The van der Waals surface area contributed by atoms with E-state index in [1.54, 1.807) is 24.3 Å². The Morgan fingerprint density at radius 1 is 0.889 bits per heavy atom. The molecule has 0 bridgehead atoms. The number of imide groups is 1. The lowest BCUT2D eigenvalue weighted by molar-refractivity contribution is 0.0616. The van der Waals surface area contributed by atoms with Gasteiger partial charge in [0, 0.05) is 6.04 Å². The summed E-state index contributed by atoms with van der Waals surface area (Å²) in [5.41, 5.74) is 0.915. The molecule has 4 rings (SSSR count). The van der Waals surface area contributed by atoms with E-state index in [-0.39, 0.29) is 18.4 Å². The van der Waals surface area contributed by atoms with Crippen LogP contribution in [0.5, 0.6) is 5.75 Å². The number of benzene rings is 2. The van der Waals surface area contributed by atoms with Crippen LogP contribution in [0, 0.1) is 6.23 Å². The number of fused-ring (bicyclic) bond motifs is 1. The van der Waals surface area contributed by atoms with Crippen molar-refractivity contribution in [3.63, 3.8) is 0 Å². The molecule has 0 saturated heterocycles. The van der Waals surface area contributed by atoms with E-state index < -0.39 is 0 Å². The van der Waals surface area contributed by atoms with Gasteiger partial charge in [0.25, 0.3) is 11.8 Å². The third-order valence-electron chi connectivity index (χ3n) is 5.13. The van der Waals surface area contributed by atoms with Crippen LogP contribution in [0.25, 0.3) is 0 Å². The van der Waals surface area contributed by atoms with E-state index in [0.717, 1.165) is 12.8 Å². The fraction of sp³-hybridized carbons (Fsp3) is 0.318.